The molecule has 3 aromatic rings. The van der Waals surface area contributed by atoms with Crippen molar-refractivity contribution in [2.75, 3.05) is 24.9 Å². The molecule has 2 heterocycles. The van der Waals surface area contributed by atoms with Gasteiger partial charge in [0, 0.05) is 11.6 Å². The molecular weight excluding hydrogens is 442 g/mol. The first kappa shape index (κ1) is 24.7. The van der Waals surface area contributed by atoms with Crippen molar-refractivity contribution >= 4 is 26.6 Å². The van der Waals surface area contributed by atoms with Crippen LogP contribution in [0.4, 0.5) is 5.69 Å². The summed E-state index contributed by atoms with van der Waals surface area (Å²) < 4.78 is 29.5. The Labute approximate surface area is 204 Å². The van der Waals surface area contributed by atoms with Gasteiger partial charge < -0.3 is 4.90 Å². The van der Waals surface area contributed by atoms with E-state index in [-0.39, 0.29) is 0 Å². The number of piperidine rings is 1. The fourth-order valence-electron chi connectivity index (χ4n) is 4.90. The van der Waals surface area contributed by atoms with E-state index < -0.39 is 10.0 Å². The lowest BCUT2D eigenvalue weighted by atomic mass is 9.91. The molecule has 0 spiro atoms. The first-order valence-corrected chi connectivity index (χ1v) is 14.0. The molecule has 1 saturated heterocycles. The average Bonchev–Trinajstić information content (AvgIpc) is 2.82. The fourth-order valence-corrected chi connectivity index (χ4v) is 6.02. The summed E-state index contributed by atoms with van der Waals surface area (Å²) in [6.45, 7) is 6.68. The molecule has 1 fully saturated rings. The predicted molar refractivity (Wildman–Crippen MR) is 141 cm³/mol. The highest BCUT2D eigenvalue weighted by Gasteiger charge is 2.19. The Hall–Kier alpha value is -2.44. The minimum atomic E-state index is -3.71. The highest BCUT2D eigenvalue weighted by molar-refractivity contribution is 7.92. The van der Waals surface area contributed by atoms with Gasteiger partial charge in [0.05, 0.1) is 16.1 Å². The molecule has 182 valence electrons. The van der Waals surface area contributed by atoms with E-state index in [1.807, 2.05) is 36.4 Å². The Morgan fingerprint density at radius 2 is 1.79 bits per heavy atom. The summed E-state index contributed by atoms with van der Waals surface area (Å²) in [5, 5.41) is 0.828. The van der Waals surface area contributed by atoms with E-state index in [9.17, 15) is 8.42 Å². The lowest BCUT2D eigenvalue weighted by molar-refractivity contribution is 0.210. The van der Waals surface area contributed by atoms with Crippen molar-refractivity contribution in [2.24, 2.45) is 11.8 Å². The second-order valence-corrected chi connectivity index (χ2v) is 11.8. The zero-order valence-corrected chi connectivity index (χ0v) is 21.4. The maximum Gasteiger partial charge on any atom is 0.261 e. The summed E-state index contributed by atoms with van der Waals surface area (Å²) in [5.74, 6) is 1.24. The molecule has 1 aliphatic rings. The number of sulfonamides is 1. The van der Waals surface area contributed by atoms with E-state index in [0.717, 1.165) is 41.6 Å². The molecule has 0 saturated carbocycles. The highest BCUT2D eigenvalue weighted by Crippen LogP contribution is 2.30. The maximum atomic E-state index is 13.3. The number of likely N-dealkylation sites (tertiary alicyclic amines) is 1. The topological polar surface area (TPSA) is 62.3 Å². The van der Waals surface area contributed by atoms with Gasteiger partial charge in [-0.2, -0.15) is 0 Å². The van der Waals surface area contributed by atoms with Crippen molar-refractivity contribution in [3.63, 3.8) is 0 Å². The second kappa shape index (κ2) is 10.9. The number of benzene rings is 2. The standard InChI is InChI=1S/C28H37N3O2S/c1-21(2)20-24-11-14-27-26(8-5-17-29-27)28(24)30-34(32,33)25-12-9-22(10-13-25)6-4-7-23-15-18-31(3)19-16-23/h5,8-14,17,21,23,30H,4,6-7,15-16,18-20H2,1-3H3. The number of nitrogens with zero attached hydrogens (tertiary/aromatic N) is 2. The van der Waals surface area contributed by atoms with Crippen molar-refractivity contribution in [1.29, 1.82) is 0 Å². The summed E-state index contributed by atoms with van der Waals surface area (Å²) in [4.78, 5) is 7.11. The van der Waals surface area contributed by atoms with Crippen molar-refractivity contribution in [3.8, 4) is 0 Å². The van der Waals surface area contributed by atoms with Crippen molar-refractivity contribution in [1.82, 2.24) is 9.88 Å². The molecule has 4 rings (SSSR count). The number of aryl methyl sites for hydroxylation is 1. The average molecular weight is 480 g/mol. The largest absolute Gasteiger partial charge is 0.306 e. The van der Waals surface area contributed by atoms with Crippen LogP contribution >= 0.6 is 0 Å². The van der Waals surface area contributed by atoms with E-state index in [0.29, 0.717) is 16.5 Å². The number of aromatic nitrogens is 1. The molecule has 34 heavy (non-hydrogen) atoms. The van der Waals surface area contributed by atoms with Crippen molar-refractivity contribution in [2.45, 2.75) is 57.3 Å². The summed E-state index contributed by atoms with van der Waals surface area (Å²) in [6, 6.07) is 15.1. The Bertz CT molecular complexity index is 1200. The molecule has 5 nitrogen and oxygen atoms in total. The van der Waals surface area contributed by atoms with Gasteiger partial charge in [0.2, 0.25) is 0 Å². The number of fused-ring (bicyclic) bond motifs is 1. The smallest absolute Gasteiger partial charge is 0.261 e. The van der Waals surface area contributed by atoms with Gasteiger partial charge >= 0.3 is 0 Å². The van der Waals surface area contributed by atoms with Gasteiger partial charge in [0.1, 0.15) is 0 Å². The van der Waals surface area contributed by atoms with E-state index in [1.54, 1.807) is 18.3 Å². The van der Waals surface area contributed by atoms with Crippen LogP contribution < -0.4 is 4.72 Å². The number of hydrogen-bond acceptors (Lipinski definition) is 4. The molecule has 0 bridgehead atoms. The van der Waals surface area contributed by atoms with Crippen LogP contribution in [0.2, 0.25) is 0 Å². The molecule has 6 heteroatoms. The van der Waals surface area contributed by atoms with E-state index in [2.05, 4.69) is 35.5 Å². The SMILES string of the molecule is CC(C)Cc1ccc2ncccc2c1NS(=O)(=O)c1ccc(CCCC2CCN(C)CC2)cc1. The van der Waals surface area contributed by atoms with Gasteiger partial charge in [-0.3, -0.25) is 9.71 Å². The molecule has 2 aromatic carbocycles. The van der Waals surface area contributed by atoms with Crippen LogP contribution in [0.5, 0.6) is 0 Å². The first-order chi connectivity index (χ1) is 16.3. The highest BCUT2D eigenvalue weighted by atomic mass is 32.2. The number of rotatable bonds is 9. The van der Waals surface area contributed by atoms with Crippen LogP contribution in [0, 0.1) is 11.8 Å². The van der Waals surface area contributed by atoms with Gasteiger partial charge in [0.15, 0.2) is 0 Å². The Kier molecular flexibility index (Phi) is 7.89. The fraction of sp³-hybridized carbons (Fsp3) is 0.464. The third-order valence-corrected chi connectivity index (χ3v) is 8.25. The van der Waals surface area contributed by atoms with Gasteiger partial charge in [-0.15, -0.1) is 0 Å². The third kappa shape index (κ3) is 6.16. The first-order valence-electron chi connectivity index (χ1n) is 12.5. The normalized spacial score (nSPS) is 15.8. The molecule has 0 aliphatic carbocycles. The minimum absolute atomic E-state index is 0.294. The number of anilines is 1. The minimum Gasteiger partial charge on any atom is -0.306 e. The molecule has 0 amide bonds. The Morgan fingerprint density at radius 1 is 1.06 bits per heavy atom. The Balaban J connectivity index is 1.46. The van der Waals surface area contributed by atoms with Crippen LogP contribution in [-0.4, -0.2) is 38.4 Å². The zero-order valence-electron chi connectivity index (χ0n) is 20.6. The van der Waals surface area contributed by atoms with Crippen LogP contribution in [-0.2, 0) is 22.9 Å². The van der Waals surface area contributed by atoms with E-state index in [4.69, 9.17) is 0 Å². The monoisotopic (exact) mass is 479 g/mol. The van der Waals surface area contributed by atoms with Gasteiger partial charge in [-0.25, -0.2) is 8.42 Å². The third-order valence-electron chi connectivity index (χ3n) is 6.89. The van der Waals surface area contributed by atoms with E-state index >= 15 is 0 Å². The molecule has 1 aromatic heterocycles. The molecule has 1 aliphatic heterocycles. The van der Waals surface area contributed by atoms with Crippen LogP contribution in [0.25, 0.3) is 10.9 Å². The zero-order chi connectivity index (χ0) is 24.1. The number of pyridine rings is 1. The van der Waals surface area contributed by atoms with Crippen molar-refractivity contribution in [3.05, 3.63) is 65.9 Å². The number of hydrogen-bond donors (Lipinski definition) is 1. The lowest BCUT2D eigenvalue weighted by Crippen LogP contribution is -2.30. The van der Waals surface area contributed by atoms with Gasteiger partial charge in [-0.05, 0) is 106 Å². The molecule has 0 unspecified atom stereocenters. The molecule has 1 N–H and O–H groups in total. The van der Waals surface area contributed by atoms with Gasteiger partial charge in [0.25, 0.3) is 10.0 Å². The molecule has 0 radical (unpaired) electrons. The van der Waals surface area contributed by atoms with Crippen molar-refractivity contribution < 1.29 is 8.42 Å². The molecular formula is C28H37N3O2S. The predicted octanol–water partition coefficient (Wildman–Crippen LogP) is 5.90. The van der Waals surface area contributed by atoms with Crippen LogP contribution in [0.15, 0.2) is 59.6 Å². The number of nitrogens with one attached hydrogen (secondary N) is 1. The summed E-state index contributed by atoms with van der Waals surface area (Å²) in [6.07, 6.45) is 8.51. The van der Waals surface area contributed by atoms with Crippen LogP contribution in [0.1, 0.15) is 50.7 Å². The summed E-state index contributed by atoms with van der Waals surface area (Å²) in [7, 11) is -1.51. The maximum absolute atomic E-state index is 13.3. The summed E-state index contributed by atoms with van der Waals surface area (Å²) >= 11 is 0. The second-order valence-electron chi connectivity index (χ2n) is 10.2. The quantitative estimate of drug-likeness (QED) is 0.415. The Morgan fingerprint density at radius 3 is 2.50 bits per heavy atom. The van der Waals surface area contributed by atoms with Gasteiger partial charge in [-0.1, -0.05) is 38.5 Å². The lowest BCUT2D eigenvalue weighted by Gasteiger charge is -2.28. The molecule has 0 atom stereocenters. The van der Waals surface area contributed by atoms with Crippen LogP contribution in [0.3, 0.4) is 0 Å². The summed E-state index contributed by atoms with van der Waals surface area (Å²) in [5.41, 5.74) is 3.61. The van der Waals surface area contributed by atoms with E-state index in [1.165, 1.54) is 37.9 Å².